The number of piperazine rings is 1. The van der Waals surface area contributed by atoms with Crippen LogP contribution in [0.25, 0.3) is 0 Å². The molecule has 5 N–H and O–H groups in total. The molecule has 4 rings (SSSR count). The van der Waals surface area contributed by atoms with Crippen molar-refractivity contribution in [1.29, 1.82) is 0 Å². The average Bonchev–Trinajstić information content (AvgIpc) is 2.82. The number of rotatable bonds is 8. The highest BCUT2D eigenvalue weighted by molar-refractivity contribution is 5.95. The van der Waals surface area contributed by atoms with Crippen molar-refractivity contribution in [2.75, 3.05) is 39.3 Å². The van der Waals surface area contributed by atoms with E-state index in [4.69, 9.17) is 16.5 Å². The third-order valence-corrected chi connectivity index (χ3v) is 7.95. The quantitative estimate of drug-likeness (QED) is 0.283. The Kier molecular flexibility index (Phi) is 7.82. The Balaban J connectivity index is 1.37. The van der Waals surface area contributed by atoms with Crippen molar-refractivity contribution in [2.24, 2.45) is 21.9 Å². The zero-order valence-electron chi connectivity index (χ0n) is 21.8. The summed E-state index contributed by atoms with van der Waals surface area (Å²) >= 11 is 0. The van der Waals surface area contributed by atoms with Gasteiger partial charge in [-0.25, -0.2) is 4.99 Å². The summed E-state index contributed by atoms with van der Waals surface area (Å²) in [5.41, 5.74) is 13.9. The third kappa shape index (κ3) is 5.79. The van der Waals surface area contributed by atoms with Gasteiger partial charge in [-0.1, -0.05) is 12.1 Å². The summed E-state index contributed by atoms with van der Waals surface area (Å²) in [5.74, 6) is 0.694. The molecule has 2 amide bonds. The number of nitrogens with one attached hydrogen (secondary N) is 1. The fourth-order valence-electron chi connectivity index (χ4n) is 5.42. The highest BCUT2D eigenvalue weighted by Gasteiger charge is 2.53. The number of hydrogen-bond acceptors (Lipinski definition) is 6. The first-order chi connectivity index (χ1) is 17.1. The van der Waals surface area contributed by atoms with Gasteiger partial charge in [0.25, 0.3) is 0 Å². The minimum atomic E-state index is -0.882. The SMILES string of the molecule is CC(Cc1ccc(N=C(/C=C\NC=O)N2CCN(C(=O)C(C)(C)N)CC2)cc1)N1CC2(CCC2N)C1. The van der Waals surface area contributed by atoms with Crippen molar-refractivity contribution >= 4 is 23.8 Å². The fraction of sp³-hybridized carbons (Fsp3) is 0.593. The summed E-state index contributed by atoms with van der Waals surface area (Å²) in [6, 6.07) is 9.25. The van der Waals surface area contributed by atoms with E-state index in [9.17, 15) is 9.59 Å². The number of aliphatic imine (C=N–C) groups is 1. The van der Waals surface area contributed by atoms with Gasteiger partial charge in [-0.15, -0.1) is 0 Å². The molecule has 2 unspecified atom stereocenters. The maximum Gasteiger partial charge on any atom is 0.242 e. The third-order valence-electron chi connectivity index (χ3n) is 7.95. The zero-order valence-corrected chi connectivity index (χ0v) is 21.8. The maximum absolute atomic E-state index is 12.5. The molecule has 0 bridgehead atoms. The highest BCUT2D eigenvalue weighted by Crippen LogP contribution is 2.48. The molecule has 36 heavy (non-hydrogen) atoms. The topological polar surface area (TPSA) is 120 Å². The highest BCUT2D eigenvalue weighted by atomic mass is 16.2. The summed E-state index contributed by atoms with van der Waals surface area (Å²) in [4.78, 5) is 34.6. The van der Waals surface area contributed by atoms with Crippen LogP contribution in [0.3, 0.4) is 0 Å². The molecule has 2 aliphatic heterocycles. The first-order valence-electron chi connectivity index (χ1n) is 13.0. The van der Waals surface area contributed by atoms with Crippen LogP contribution in [0, 0.1) is 5.41 Å². The lowest BCUT2D eigenvalue weighted by atomic mass is 9.59. The molecule has 9 heteroatoms. The van der Waals surface area contributed by atoms with Gasteiger partial charge in [-0.05, 0) is 63.8 Å². The Bertz CT molecular complexity index is 984. The van der Waals surface area contributed by atoms with Crippen LogP contribution in [0.15, 0.2) is 41.5 Å². The van der Waals surface area contributed by atoms with Crippen LogP contribution in [0.5, 0.6) is 0 Å². The molecule has 0 radical (unpaired) electrons. The van der Waals surface area contributed by atoms with Crippen LogP contribution in [0.4, 0.5) is 5.69 Å². The molecule has 3 fully saturated rings. The van der Waals surface area contributed by atoms with Crippen molar-refractivity contribution in [1.82, 2.24) is 20.0 Å². The molecular formula is C27H41N7O2. The van der Waals surface area contributed by atoms with Crippen molar-refractivity contribution in [3.8, 4) is 0 Å². The summed E-state index contributed by atoms with van der Waals surface area (Å²) in [5, 5.41) is 2.56. The number of likely N-dealkylation sites (tertiary alicyclic amines) is 1. The lowest BCUT2D eigenvalue weighted by Crippen LogP contribution is -2.70. The first kappa shape index (κ1) is 26.3. The Morgan fingerprint density at radius 3 is 2.36 bits per heavy atom. The van der Waals surface area contributed by atoms with Gasteiger partial charge in [-0.2, -0.15) is 0 Å². The van der Waals surface area contributed by atoms with E-state index in [0.717, 1.165) is 31.0 Å². The van der Waals surface area contributed by atoms with Crippen LogP contribution in [0.1, 0.15) is 39.2 Å². The van der Waals surface area contributed by atoms with Crippen molar-refractivity contribution in [3.05, 3.63) is 42.1 Å². The number of carbonyl (C=O) groups excluding carboxylic acids is 2. The molecule has 9 nitrogen and oxygen atoms in total. The molecule has 1 aliphatic carbocycles. The minimum Gasteiger partial charge on any atom is -0.353 e. The number of amides is 2. The Labute approximate surface area is 214 Å². The summed E-state index contributed by atoms with van der Waals surface area (Å²) in [7, 11) is 0. The van der Waals surface area contributed by atoms with E-state index in [0.29, 0.717) is 50.1 Å². The maximum atomic E-state index is 12.5. The molecule has 1 aromatic rings. The van der Waals surface area contributed by atoms with E-state index in [1.54, 1.807) is 31.0 Å². The second kappa shape index (κ2) is 10.7. The number of nitrogens with two attached hydrogens (primary N) is 2. The standard InChI is InChI=1S/C27H41N7O2/c1-20(34-17-27(18-34)10-8-23(27)28)16-21-4-6-22(7-5-21)31-24(9-11-30-19-35)32-12-14-33(15-13-32)25(36)26(2,3)29/h4-7,9,11,19-20,23H,8,10,12-18,28-29H2,1-3H3,(H,30,35)/b11-9-,31-24?. The number of nitrogens with zero attached hydrogens (tertiary/aromatic N) is 4. The van der Waals surface area contributed by atoms with Crippen LogP contribution < -0.4 is 16.8 Å². The molecule has 1 spiro atoms. The second-order valence-corrected chi connectivity index (χ2v) is 11.2. The lowest BCUT2D eigenvalue weighted by molar-refractivity contribution is -0.137. The number of benzene rings is 1. The van der Waals surface area contributed by atoms with Crippen LogP contribution in [0.2, 0.25) is 0 Å². The van der Waals surface area contributed by atoms with Gasteiger partial charge in [0.1, 0.15) is 5.84 Å². The van der Waals surface area contributed by atoms with Crippen molar-refractivity contribution in [2.45, 2.75) is 57.7 Å². The molecule has 2 heterocycles. The normalized spacial score (nSPS) is 23.4. The van der Waals surface area contributed by atoms with Gasteiger partial charge in [-0.3, -0.25) is 14.5 Å². The molecule has 3 aliphatic rings. The van der Waals surface area contributed by atoms with Crippen LogP contribution in [-0.2, 0) is 16.0 Å². The Morgan fingerprint density at radius 2 is 1.83 bits per heavy atom. The summed E-state index contributed by atoms with van der Waals surface area (Å²) in [6.07, 6.45) is 7.45. The van der Waals surface area contributed by atoms with E-state index < -0.39 is 5.54 Å². The van der Waals surface area contributed by atoms with E-state index >= 15 is 0 Å². The Hall–Kier alpha value is -2.75. The van der Waals surface area contributed by atoms with E-state index in [1.807, 2.05) is 12.1 Å². The second-order valence-electron chi connectivity index (χ2n) is 11.2. The smallest absolute Gasteiger partial charge is 0.242 e. The van der Waals surface area contributed by atoms with Gasteiger partial charge in [0.15, 0.2) is 0 Å². The number of amidine groups is 1. The average molecular weight is 496 g/mol. The molecule has 2 atom stereocenters. The molecule has 196 valence electrons. The van der Waals surface area contributed by atoms with E-state index in [-0.39, 0.29) is 5.91 Å². The van der Waals surface area contributed by atoms with E-state index in [2.05, 4.69) is 34.2 Å². The van der Waals surface area contributed by atoms with Gasteiger partial charge in [0, 0.05) is 63.0 Å². The fourth-order valence-corrected chi connectivity index (χ4v) is 5.42. The number of hydrogen-bond donors (Lipinski definition) is 3. The Morgan fingerprint density at radius 1 is 1.19 bits per heavy atom. The first-order valence-corrected chi connectivity index (χ1v) is 13.0. The van der Waals surface area contributed by atoms with Crippen LogP contribution >= 0.6 is 0 Å². The summed E-state index contributed by atoms with van der Waals surface area (Å²) in [6.45, 7) is 10.5. The predicted molar refractivity (Wildman–Crippen MR) is 143 cm³/mol. The molecule has 1 saturated carbocycles. The predicted octanol–water partition coefficient (Wildman–Crippen LogP) is 1.21. The van der Waals surface area contributed by atoms with Crippen molar-refractivity contribution < 1.29 is 9.59 Å². The molecule has 1 aromatic carbocycles. The van der Waals surface area contributed by atoms with Crippen LogP contribution in [-0.4, -0.2) is 89.7 Å². The monoisotopic (exact) mass is 495 g/mol. The molecule has 2 saturated heterocycles. The van der Waals surface area contributed by atoms with Gasteiger partial charge >= 0.3 is 0 Å². The molecule has 0 aromatic heterocycles. The van der Waals surface area contributed by atoms with Gasteiger partial charge in [0.05, 0.1) is 11.2 Å². The van der Waals surface area contributed by atoms with Gasteiger partial charge < -0.3 is 26.6 Å². The zero-order chi connectivity index (χ0) is 25.9. The molecular weight excluding hydrogens is 454 g/mol. The van der Waals surface area contributed by atoms with E-state index in [1.165, 1.54) is 18.4 Å². The minimum absolute atomic E-state index is 0.0486. The number of carbonyl (C=O) groups is 2. The largest absolute Gasteiger partial charge is 0.353 e. The lowest BCUT2D eigenvalue weighted by Gasteiger charge is -2.61. The van der Waals surface area contributed by atoms with Crippen molar-refractivity contribution in [3.63, 3.8) is 0 Å². The van der Waals surface area contributed by atoms with Gasteiger partial charge in [0.2, 0.25) is 12.3 Å². The summed E-state index contributed by atoms with van der Waals surface area (Å²) < 4.78 is 0.